The second kappa shape index (κ2) is 9.32. The first-order chi connectivity index (χ1) is 17.3. The summed E-state index contributed by atoms with van der Waals surface area (Å²) < 4.78 is 67.7. The summed E-state index contributed by atoms with van der Waals surface area (Å²) in [6, 6.07) is 8.27. The quantitative estimate of drug-likeness (QED) is 0.324. The van der Waals surface area contributed by atoms with Gasteiger partial charge in [-0.05, 0) is 34.9 Å². The number of morpholine rings is 1. The predicted octanol–water partition coefficient (Wildman–Crippen LogP) is 4.39. The number of carboxylic acid groups (broad SMARTS) is 1. The van der Waals surface area contributed by atoms with Crippen LogP contribution in [-0.2, 0) is 18.3 Å². The molecule has 1 aliphatic heterocycles. The Morgan fingerprint density at radius 2 is 1.61 bits per heavy atom. The third kappa shape index (κ3) is 4.10. The molecule has 0 saturated carbocycles. The second-order valence-corrected chi connectivity index (χ2v) is 8.50. The first-order valence-corrected chi connectivity index (χ1v) is 11.1. The summed E-state index contributed by atoms with van der Waals surface area (Å²) in [5.41, 5.74) is -1.79. The van der Waals surface area contributed by atoms with Crippen LogP contribution in [0.25, 0.3) is 33.3 Å². The van der Waals surface area contributed by atoms with Crippen molar-refractivity contribution in [3.63, 3.8) is 0 Å². The average molecular weight is 500 g/mol. The Labute approximate surface area is 202 Å². The first-order valence-electron chi connectivity index (χ1n) is 11.1. The van der Waals surface area contributed by atoms with E-state index < -0.39 is 40.4 Å². The number of ether oxygens (including phenoxy) is 1. The largest absolute Gasteiger partial charge is 0.478 e. The van der Waals surface area contributed by atoms with E-state index in [0.29, 0.717) is 32.8 Å². The van der Waals surface area contributed by atoms with E-state index in [1.807, 2.05) is 0 Å². The molecular weight excluding hydrogens is 480 g/mol. The second-order valence-electron chi connectivity index (χ2n) is 8.50. The number of benzene rings is 3. The molecule has 5 rings (SSSR count). The van der Waals surface area contributed by atoms with Crippen molar-refractivity contribution < 1.29 is 32.2 Å². The molecule has 1 fully saturated rings. The van der Waals surface area contributed by atoms with Crippen LogP contribution < -0.4 is 0 Å². The lowest BCUT2D eigenvalue weighted by Gasteiger charge is -2.26. The molecule has 0 unspecified atom stereocenters. The number of halogens is 4. The lowest BCUT2D eigenvalue weighted by atomic mass is 9.95. The highest BCUT2D eigenvalue weighted by atomic mass is 19.2. The molecule has 4 aromatic rings. The fourth-order valence-electron chi connectivity index (χ4n) is 4.48. The van der Waals surface area contributed by atoms with Gasteiger partial charge in [0.25, 0.3) is 0 Å². The Hall–Kier alpha value is -3.83. The van der Waals surface area contributed by atoms with Crippen LogP contribution in [-0.4, -0.2) is 57.3 Å². The lowest BCUT2D eigenvalue weighted by Crippen LogP contribution is -2.35. The normalized spacial score (nSPS) is 14.5. The van der Waals surface area contributed by atoms with E-state index in [0.717, 1.165) is 17.7 Å². The number of carbonyl (C=O) groups is 1. The number of aryl methyl sites for hydroxylation is 1. The minimum absolute atomic E-state index is 0.00640. The van der Waals surface area contributed by atoms with Crippen LogP contribution in [0.2, 0.25) is 0 Å². The molecule has 2 heterocycles. The zero-order valence-electron chi connectivity index (χ0n) is 19.1. The van der Waals surface area contributed by atoms with E-state index in [1.165, 1.54) is 23.9 Å². The van der Waals surface area contributed by atoms with Crippen LogP contribution in [0.5, 0.6) is 0 Å². The maximum Gasteiger partial charge on any atom is 0.337 e. The van der Waals surface area contributed by atoms with Crippen molar-refractivity contribution >= 4 is 17.0 Å². The van der Waals surface area contributed by atoms with Gasteiger partial charge in [0.2, 0.25) is 0 Å². The fourth-order valence-corrected chi connectivity index (χ4v) is 4.48. The van der Waals surface area contributed by atoms with Gasteiger partial charge in [0.15, 0.2) is 23.3 Å². The fraction of sp³-hybridized carbons (Fsp3) is 0.240. The third-order valence-corrected chi connectivity index (χ3v) is 6.21. The molecule has 0 bridgehead atoms. The molecule has 1 aliphatic rings. The molecule has 1 saturated heterocycles. The molecule has 3 aromatic carbocycles. The Morgan fingerprint density at radius 3 is 2.25 bits per heavy atom. The van der Waals surface area contributed by atoms with Gasteiger partial charge in [-0.15, -0.1) is 5.10 Å². The van der Waals surface area contributed by atoms with Crippen LogP contribution in [0.15, 0.2) is 36.4 Å². The summed E-state index contributed by atoms with van der Waals surface area (Å²) in [6.45, 7) is 3.02. The highest BCUT2D eigenvalue weighted by Gasteiger charge is 2.29. The van der Waals surface area contributed by atoms with Crippen molar-refractivity contribution in [1.82, 2.24) is 19.9 Å². The van der Waals surface area contributed by atoms with Gasteiger partial charge >= 0.3 is 5.97 Å². The molecule has 11 heteroatoms. The molecule has 1 N–H and O–H groups in total. The number of carboxylic acids is 1. The van der Waals surface area contributed by atoms with E-state index in [1.54, 1.807) is 12.1 Å². The van der Waals surface area contributed by atoms with Crippen LogP contribution in [0, 0.1) is 23.3 Å². The Morgan fingerprint density at radius 1 is 0.972 bits per heavy atom. The number of aromatic carboxylic acids is 1. The van der Waals surface area contributed by atoms with Crippen LogP contribution >= 0.6 is 0 Å². The zero-order valence-corrected chi connectivity index (χ0v) is 19.1. The zero-order chi connectivity index (χ0) is 25.6. The molecule has 7 nitrogen and oxygen atoms in total. The highest BCUT2D eigenvalue weighted by Crippen LogP contribution is 2.38. The summed E-state index contributed by atoms with van der Waals surface area (Å²) >= 11 is 0. The van der Waals surface area contributed by atoms with Crippen molar-refractivity contribution in [2.75, 3.05) is 26.3 Å². The van der Waals surface area contributed by atoms with Crippen LogP contribution in [0.3, 0.4) is 0 Å². The van der Waals surface area contributed by atoms with E-state index in [9.17, 15) is 9.90 Å². The Balaban J connectivity index is 1.61. The SMILES string of the molecule is Cn1nnc2cc(-c3c(F)c(F)c(-c4cccc(CN5CCOCC5)c4)c(F)c3F)cc(C(=O)O)c21. The average Bonchev–Trinajstić information content (AvgIpc) is 3.24. The maximum atomic E-state index is 15.3. The summed E-state index contributed by atoms with van der Waals surface area (Å²) in [4.78, 5) is 13.9. The van der Waals surface area contributed by atoms with Gasteiger partial charge in [0.05, 0.1) is 29.9 Å². The van der Waals surface area contributed by atoms with Crippen LogP contribution in [0.4, 0.5) is 17.6 Å². The number of aromatic nitrogens is 3. The minimum atomic E-state index is -1.64. The van der Waals surface area contributed by atoms with Gasteiger partial charge in [-0.3, -0.25) is 4.90 Å². The summed E-state index contributed by atoms with van der Waals surface area (Å²) in [5, 5.41) is 17.1. The van der Waals surface area contributed by atoms with Gasteiger partial charge in [-0.2, -0.15) is 0 Å². The number of hydrogen-bond acceptors (Lipinski definition) is 5. The third-order valence-electron chi connectivity index (χ3n) is 6.21. The van der Waals surface area contributed by atoms with Crippen molar-refractivity contribution in [2.45, 2.75) is 6.54 Å². The highest BCUT2D eigenvalue weighted by molar-refractivity contribution is 6.03. The monoisotopic (exact) mass is 500 g/mol. The van der Waals surface area contributed by atoms with Gasteiger partial charge < -0.3 is 9.84 Å². The van der Waals surface area contributed by atoms with Crippen molar-refractivity contribution in [2.24, 2.45) is 7.05 Å². The molecule has 36 heavy (non-hydrogen) atoms. The molecule has 0 atom stereocenters. The minimum Gasteiger partial charge on any atom is -0.478 e. The number of fused-ring (bicyclic) bond motifs is 1. The lowest BCUT2D eigenvalue weighted by molar-refractivity contribution is 0.0342. The van der Waals surface area contributed by atoms with E-state index in [4.69, 9.17) is 4.74 Å². The molecule has 0 spiro atoms. The van der Waals surface area contributed by atoms with Crippen molar-refractivity contribution in [3.8, 4) is 22.3 Å². The van der Waals surface area contributed by atoms with Crippen LogP contribution in [0.1, 0.15) is 15.9 Å². The molecular formula is C25H20F4N4O3. The number of rotatable bonds is 5. The van der Waals surface area contributed by atoms with Gasteiger partial charge in [-0.1, -0.05) is 23.4 Å². The van der Waals surface area contributed by atoms with E-state index in [-0.39, 0.29) is 27.7 Å². The van der Waals surface area contributed by atoms with E-state index >= 15 is 17.6 Å². The molecule has 0 amide bonds. The summed E-state index contributed by atoms with van der Waals surface area (Å²) in [7, 11) is 1.45. The molecule has 1 aromatic heterocycles. The first kappa shape index (κ1) is 23.9. The molecule has 186 valence electrons. The molecule has 0 aliphatic carbocycles. The number of nitrogens with zero attached hydrogens (tertiary/aromatic N) is 4. The maximum absolute atomic E-state index is 15.3. The molecule has 0 radical (unpaired) electrons. The summed E-state index contributed by atoms with van der Waals surface area (Å²) in [5.74, 6) is -7.85. The standard InChI is InChI=1S/C25H20F4N4O3/c1-32-24-16(25(34)35)10-15(11-17(24)30-31-32)19-22(28)20(26)18(21(27)23(19)29)14-4-2-3-13(9-14)12-33-5-7-36-8-6-33/h2-4,9-11H,5-8,12H2,1H3,(H,34,35). The Bertz CT molecular complexity index is 1470. The smallest absolute Gasteiger partial charge is 0.337 e. The Kier molecular flexibility index (Phi) is 6.19. The van der Waals surface area contributed by atoms with E-state index in [2.05, 4.69) is 15.2 Å². The predicted molar refractivity (Wildman–Crippen MR) is 122 cm³/mol. The summed E-state index contributed by atoms with van der Waals surface area (Å²) in [6.07, 6.45) is 0. The van der Waals surface area contributed by atoms with Gasteiger partial charge in [-0.25, -0.2) is 27.0 Å². The van der Waals surface area contributed by atoms with Crippen molar-refractivity contribution in [1.29, 1.82) is 0 Å². The van der Waals surface area contributed by atoms with Crippen molar-refractivity contribution in [3.05, 3.63) is 70.8 Å². The van der Waals surface area contributed by atoms with Gasteiger partial charge in [0.1, 0.15) is 11.0 Å². The topological polar surface area (TPSA) is 80.5 Å². The van der Waals surface area contributed by atoms with Gasteiger partial charge in [0, 0.05) is 26.7 Å². The number of hydrogen-bond donors (Lipinski definition) is 1.